The van der Waals surface area contributed by atoms with E-state index < -0.39 is 11.5 Å². The molecule has 0 aromatic heterocycles. The lowest BCUT2D eigenvalue weighted by Gasteiger charge is -2.28. The van der Waals surface area contributed by atoms with Crippen molar-refractivity contribution in [3.05, 3.63) is 0 Å². The van der Waals surface area contributed by atoms with E-state index in [9.17, 15) is 9.59 Å². The Kier molecular flexibility index (Phi) is 5.83. The zero-order valence-corrected chi connectivity index (χ0v) is 12.4. The molecule has 1 fully saturated rings. The van der Waals surface area contributed by atoms with E-state index in [1.807, 2.05) is 6.92 Å². The fourth-order valence-corrected chi connectivity index (χ4v) is 2.75. The summed E-state index contributed by atoms with van der Waals surface area (Å²) in [6.45, 7) is 5.06. The summed E-state index contributed by atoms with van der Waals surface area (Å²) in [6.07, 6.45) is 7.95. The minimum absolute atomic E-state index is 0.0540. The molecule has 4 nitrogen and oxygen atoms in total. The van der Waals surface area contributed by atoms with E-state index in [-0.39, 0.29) is 11.8 Å². The van der Waals surface area contributed by atoms with Gasteiger partial charge in [-0.1, -0.05) is 39.0 Å². The van der Waals surface area contributed by atoms with Crippen molar-refractivity contribution in [1.29, 1.82) is 0 Å². The fraction of sp³-hybridized carbons (Fsp3) is 0.867. The maximum absolute atomic E-state index is 12.2. The lowest BCUT2D eigenvalue weighted by Crippen LogP contribution is -2.51. The molecule has 0 bridgehead atoms. The van der Waals surface area contributed by atoms with E-state index in [1.54, 1.807) is 0 Å². The van der Waals surface area contributed by atoms with Gasteiger partial charge in [0.15, 0.2) is 0 Å². The molecule has 0 aromatic carbocycles. The van der Waals surface area contributed by atoms with Crippen LogP contribution in [0.15, 0.2) is 0 Å². The molecule has 1 atom stereocenters. The highest BCUT2D eigenvalue weighted by atomic mass is 16.4. The number of hydrogen-bond acceptors (Lipinski definition) is 2. The van der Waals surface area contributed by atoms with Gasteiger partial charge < -0.3 is 10.4 Å². The first-order chi connectivity index (χ1) is 8.86. The molecule has 0 saturated heterocycles. The Balaban J connectivity index is 2.53. The van der Waals surface area contributed by atoms with Crippen LogP contribution in [0.4, 0.5) is 0 Å². The molecule has 19 heavy (non-hydrogen) atoms. The number of amides is 1. The highest BCUT2D eigenvalue weighted by molar-refractivity contribution is 5.87. The summed E-state index contributed by atoms with van der Waals surface area (Å²) < 4.78 is 0. The summed E-state index contributed by atoms with van der Waals surface area (Å²) >= 11 is 0. The van der Waals surface area contributed by atoms with Crippen molar-refractivity contribution in [2.24, 2.45) is 11.8 Å². The van der Waals surface area contributed by atoms with E-state index >= 15 is 0 Å². The Bertz CT molecular complexity index is 319. The van der Waals surface area contributed by atoms with Crippen LogP contribution >= 0.6 is 0 Å². The number of aliphatic carboxylic acids is 1. The van der Waals surface area contributed by atoms with Crippen LogP contribution in [0, 0.1) is 11.8 Å². The van der Waals surface area contributed by atoms with Crippen LogP contribution in [-0.2, 0) is 9.59 Å². The number of carboxylic acid groups (broad SMARTS) is 1. The Hall–Kier alpha value is -1.06. The Morgan fingerprint density at radius 2 is 1.84 bits per heavy atom. The summed E-state index contributed by atoms with van der Waals surface area (Å²) in [7, 11) is 0. The highest BCUT2D eigenvalue weighted by Crippen LogP contribution is 2.30. The quantitative estimate of drug-likeness (QED) is 0.779. The first-order valence-electron chi connectivity index (χ1n) is 7.42. The van der Waals surface area contributed by atoms with E-state index in [0.29, 0.717) is 5.92 Å². The average molecular weight is 269 g/mol. The van der Waals surface area contributed by atoms with Crippen LogP contribution in [0.3, 0.4) is 0 Å². The first-order valence-corrected chi connectivity index (χ1v) is 7.42. The lowest BCUT2D eigenvalue weighted by molar-refractivity contribution is -0.146. The summed E-state index contributed by atoms with van der Waals surface area (Å²) in [6, 6.07) is 0. The fourth-order valence-electron chi connectivity index (χ4n) is 2.75. The molecule has 1 saturated carbocycles. The van der Waals surface area contributed by atoms with Crippen molar-refractivity contribution in [1.82, 2.24) is 5.32 Å². The van der Waals surface area contributed by atoms with E-state index in [2.05, 4.69) is 5.32 Å². The molecule has 0 heterocycles. The molecule has 1 rings (SSSR count). The molecule has 2 N–H and O–H groups in total. The zero-order valence-electron chi connectivity index (χ0n) is 12.4. The van der Waals surface area contributed by atoms with E-state index in [4.69, 9.17) is 5.11 Å². The molecule has 1 aliphatic rings. The topological polar surface area (TPSA) is 66.4 Å². The standard InChI is InChI=1S/C15H27NO3/c1-4-12(10-11-8-6-5-7-9-11)13(17)16-15(2,3)14(18)19/h11-12H,4-10H2,1-3H3,(H,16,17)(H,18,19). The van der Waals surface area contributed by atoms with E-state index in [0.717, 1.165) is 12.8 Å². The predicted molar refractivity (Wildman–Crippen MR) is 74.8 cm³/mol. The maximum atomic E-state index is 12.2. The van der Waals surface area contributed by atoms with Crippen molar-refractivity contribution < 1.29 is 14.7 Å². The minimum atomic E-state index is -1.18. The molecule has 1 aliphatic carbocycles. The second kappa shape index (κ2) is 6.92. The molecule has 0 aromatic rings. The van der Waals surface area contributed by atoms with E-state index in [1.165, 1.54) is 46.0 Å². The van der Waals surface area contributed by atoms with Gasteiger partial charge in [0.2, 0.25) is 5.91 Å². The van der Waals surface area contributed by atoms with Crippen LogP contribution in [0.1, 0.15) is 65.7 Å². The number of carbonyl (C=O) groups excluding carboxylic acids is 1. The molecule has 0 aliphatic heterocycles. The van der Waals surface area contributed by atoms with Crippen LogP contribution in [0.5, 0.6) is 0 Å². The molecule has 1 amide bonds. The van der Waals surface area contributed by atoms with Gasteiger partial charge in [-0.2, -0.15) is 0 Å². The first kappa shape index (κ1) is 16.0. The predicted octanol–water partition coefficient (Wildman–Crippen LogP) is 2.96. The number of rotatable bonds is 6. The van der Waals surface area contributed by atoms with Gasteiger partial charge in [0.25, 0.3) is 0 Å². The minimum Gasteiger partial charge on any atom is -0.480 e. The third-order valence-electron chi connectivity index (χ3n) is 4.18. The van der Waals surface area contributed by atoms with Gasteiger partial charge in [-0.25, -0.2) is 4.79 Å². The largest absolute Gasteiger partial charge is 0.480 e. The van der Waals surface area contributed by atoms with Crippen molar-refractivity contribution in [2.75, 3.05) is 0 Å². The molecule has 0 radical (unpaired) electrons. The van der Waals surface area contributed by atoms with Gasteiger partial charge in [-0.15, -0.1) is 0 Å². The average Bonchev–Trinajstić information content (AvgIpc) is 2.36. The van der Waals surface area contributed by atoms with Crippen LogP contribution in [0.2, 0.25) is 0 Å². The molecule has 4 heteroatoms. The van der Waals surface area contributed by atoms with Gasteiger partial charge in [0.1, 0.15) is 5.54 Å². The number of carboxylic acids is 1. The normalized spacial score (nSPS) is 18.9. The number of nitrogens with one attached hydrogen (secondary N) is 1. The molecular weight excluding hydrogens is 242 g/mol. The summed E-state index contributed by atoms with van der Waals surface area (Å²) in [5.74, 6) is -0.520. The van der Waals surface area contributed by atoms with Crippen molar-refractivity contribution in [3.8, 4) is 0 Å². The summed E-state index contributed by atoms with van der Waals surface area (Å²) in [5, 5.41) is 11.7. The second-order valence-corrected chi connectivity index (χ2v) is 6.26. The van der Waals surface area contributed by atoms with Gasteiger partial charge >= 0.3 is 5.97 Å². The number of hydrogen-bond donors (Lipinski definition) is 2. The summed E-state index contributed by atoms with van der Waals surface area (Å²) in [5.41, 5.74) is -1.18. The van der Waals surface area contributed by atoms with Crippen molar-refractivity contribution in [3.63, 3.8) is 0 Å². The monoisotopic (exact) mass is 269 g/mol. The Morgan fingerprint density at radius 1 is 1.26 bits per heavy atom. The van der Waals surface area contributed by atoms with Crippen LogP contribution in [-0.4, -0.2) is 22.5 Å². The third kappa shape index (κ3) is 4.84. The second-order valence-electron chi connectivity index (χ2n) is 6.26. The Morgan fingerprint density at radius 3 is 2.32 bits per heavy atom. The lowest BCUT2D eigenvalue weighted by atomic mass is 9.81. The smallest absolute Gasteiger partial charge is 0.328 e. The molecule has 110 valence electrons. The molecule has 0 spiro atoms. The van der Waals surface area contributed by atoms with Gasteiger partial charge in [0, 0.05) is 5.92 Å². The SMILES string of the molecule is CCC(CC1CCCCC1)C(=O)NC(C)(C)C(=O)O. The zero-order chi connectivity index (χ0) is 14.5. The van der Waals surface area contributed by atoms with Crippen LogP contribution in [0.25, 0.3) is 0 Å². The van der Waals surface area contributed by atoms with Gasteiger partial charge in [0.05, 0.1) is 0 Å². The van der Waals surface area contributed by atoms with Crippen molar-refractivity contribution >= 4 is 11.9 Å². The molecular formula is C15H27NO3. The highest BCUT2D eigenvalue weighted by Gasteiger charge is 2.32. The van der Waals surface area contributed by atoms with Crippen molar-refractivity contribution in [2.45, 2.75) is 71.3 Å². The van der Waals surface area contributed by atoms with Gasteiger partial charge in [-0.3, -0.25) is 4.79 Å². The molecule has 1 unspecified atom stereocenters. The Labute approximate surface area is 116 Å². The third-order valence-corrected chi connectivity index (χ3v) is 4.18. The number of carbonyl (C=O) groups is 2. The van der Waals surface area contributed by atoms with Crippen LogP contribution < -0.4 is 5.32 Å². The summed E-state index contributed by atoms with van der Waals surface area (Å²) in [4.78, 5) is 23.2. The van der Waals surface area contributed by atoms with Gasteiger partial charge in [-0.05, 0) is 32.6 Å². The maximum Gasteiger partial charge on any atom is 0.328 e.